The zero-order chi connectivity index (χ0) is 59.1. The van der Waals surface area contributed by atoms with Gasteiger partial charge in [-0.1, -0.05) is 104 Å². The first kappa shape index (κ1) is 63.9. The number of methoxy groups -OCH3 is 1. The smallest absolute Gasteiger partial charge is 0.407 e. The molecule has 0 aliphatic rings. The van der Waals surface area contributed by atoms with Gasteiger partial charge in [-0.15, -0.1) is 0 Å². The largest absolute Gasteiger partial charge is 0.503 e. The van der Waals surface area contributed by atoms with Gasteiger partial charge in [-0.05, 0) is 191 Å². The molecule has 0 heterocycles. The van der Waals surface area contributed by atoms with Crippen molar-refractivity contribution >= 4 is 101 Å². The summed E-state index contributed by atoms with van der Waals surface area (Å²) in [5.74, 6) is -0.435. The van der Waals surface area contributed by atoms with E-state index >= 15 is 0 Å². The molecule has 0 aromatic heterocycles. The van der Waals surface area contributed by atoms with E-state index < -0.39 is 38.0 Å². The van der Waals surface area contributed by atoms with Crippen molar-refractivity contribution in [3.63, 3.8) is 0 Å². The Morgan fingerprint density at radius 3 is 1.63 bits per heavy atom. The number of amides is 2. The molecule has 81 heavy (non-hydrogen) atoms. The predicted octanol–water partition coefficient (Wildman–Crippen LogP) is 15.1. The fraction of sp³-hybridized carbons (Fsp3) is 0.317. The molecule has 0 saturated carbocycles. The topological polar surface area (TPSA) is 205 Å². The summed E-state index contributed by atoms with van der Waals surface area (Å²) in [4.78, 5) is 50.6. The summed E-state index contributed by atoms with van der Waals surface area (Å²) in [5, 5.41) is 36.3. The molecule has 4 N–H and O–H groups in total. The molecule has 0 aliphatic heterocycles. The Hall–Kier alpha value is -6.23. The van der Waals surface area contributed by atoms with Crippen molar-refractivity contribution in [1.82, 2.24) is 10.6 Å². The van der Waals surface area contributed by atoms with Crippen LogP contribution in [0.3, 0.4) is 0 Å². The molecule has 6 aromatic carbocycles. The molecule has 16 nitrogen and oxygen atoms in total. The highest BCUT2D eigenvalue weighted by molar-refractivity contribution is 9.11. The standard InChI is InChI=1S/C60H66Br4N4O12Si/c1-59(2,3)79-58(73)66-34-53(80-81(8,9)60(4,5)6)42-21-23-50(44(62)33-42)78-51-31-40(27-45(63)54(51)69)24-25-65-56(71)47(67-75-35-37-16-12-10-13-17-37)29-39-20-22-49(43(61)26-39)77-52-32-41(28-46(64)55(52)70)30-48(57(72)74-7)68-76-36-38-18-14-11-15-19-38/h10-23,26-28,31-33,53,69-70H,24-25,29-30,34-36H2,1-9H3,(H,65,71)(H,66,73)/b67-47+,68-48+/t53-/m1/s1. The van der Waals surface area contributed by atoms with E-state index in [0.717, 1.165) is 22.3 Å². The second kappa shape index (κ2) is 29.1. The molecule has 0 radical (unpaired) electrons. The molecule has 0 aliphatic carbocycles. The van der Waals surface area contributed by atoms with Gasteiger partial charge in [-0.3, -0.25) is 4.79 Å². The molecular formula is C60H66Br4N4O12Si. The highest BCUT2D eigenvalue weighted by atomic mass is 79.9. The first-order valence-corrected chi connectivity index (χ1v) is 31.8. The van der Waals surface area contributed by atoms with Gasteiger partial charge in [0.1, 0.15) is 36.0 Å². The van der Waals surface area contributed by atoms with Crippen LogP contribution < -0.4 is 20.1 Å². The molecule has 6 rings (SSSR count). The number of esters is 1. The van der Waals surface area contributed by atoms with Crippen LogP contribution in [-0.2, 0) is 65.6 Å². The first-order chi connectivity index (χ1) is 38.3. The average molecular weight is 1380 g/mol. The lowest BCUT2D eigenvalue weighted by atomic mass is 10.1. The van der Waals surface area contributed by atoms with Crippen LogP contribution in [0, 0.1) is 0 Å². The number of benzene rings is 6. The van der Waals surface area contributed by atoms with E-state index in [-0.39, 0.29) is 78.6 Å². The lowest BCUT2D eigenvalue weighted by Crippen LogP contribution is -2.44. The summed E-state index contributed by atoms with van der Waals surface area (Å²) < 4.78 is 31.6. The van der Waals surface area contributed by atoms with Crippen LogP contribution in [0.4, 0.5) is 4.79 Å². The number of nitrogens with one attached hydrogen (secondary N) is 2. The molecule has 6 aromatic rings. The lowest BCUT2D eigenvalue weighted by molar-refractivity contribution is -0.133. The number of oxime groups is 2. The van der Waals surface area contributed by atoms with Crippen LogP contribution in [0.1, 0.15) is 81.0 Å². The number of hydrogen-bond acceptors (Lipinski definition) is 14. The molecule has 0 unspecified atom stereocenters. The minimum absolute atomic E-state index is 0.00111. The summed E-state index contributed by atoms with van der Waals surface area (Å²) in [6.45, 7) is 16.8. The van der Waals surface area contributed by atoms with Crippen LogP contribution in [0.25, 0.3) is 0 Å². The maximum Gasteiger partial charge on any atom is 0.407 e. The van der Waals surface area contributed by atoms with Crippen LogP contribution in [-0.4, -0.2) is 73.7 Å². The number of carbonyl (C=O) groups excluding carboxylic acids is 3. The summed E-state index contributed by atoms with van der Waals surface area (Å²) in [6, 6.07) is 36.2. The second-order valence-corrected chi connectivity index (χ2v) is 29.4. The SMILES string of the molecule is COC(=O)/C(Cc1cc(Br)c(O)c(Oc2ccc(C/C(=N\OCc3ccccc3)C(=O)NCCc3cc(Br)c(O)c(Oc4ccc([C@@H](CNC(=O)OC(C)(C)C)O[Si](C)(C)C(C)(C)C)cc4Br)c3)cc2Br)c1)=N/OCc1ccccc1. The Labute approximate surface area is 507 Å². The lowest BCUT2D eigenvalue weighted by Gasteiger charge is -2.39. The normalized spacial score (nSPS) is 12.5. The number of hydrogen-bond donors (Lipinski definition) is 4. The number of rotatable bonds is 24. The van der Waals surface area contributed by atoms with E-state index in [1.165, 1.54) is 7.11 Å². The fourth-order valence-electron chi connectivity index (χ4n) is 7.42. The third-order valence-electron chi connectivity index (χ3n) is 12.6. The minimum Gasteiger partial charge on any atom is -0.503 e. The minimum atomic E-state index is -2.32. The Kier molecular flexibility index (Phi) is 23.0. The van der Waals surface area contributed by atoms with Gasteiger partial charge in [-0.25, -0.2) is 9.59 Å². The van der Waals surface area contributed by atoms with Gasteiger partial charge >= 0.3 is 12.1 Å². The Balaban J connectivity index is 1.14. The van der Waals surface area contributed by atoms with Gasteiger partial charge < -0.3 is 53.9 Å². The molecule has 0 spiro atoms. The second-order valence-electron chi connectivity index (χ2n) is 21.2. The fourth-order valence-corrected chi connectivity index (χ4v) is 10.7. The summed E-state index contributed by atoms with van der Waals surface area (Å²) in [7, 11) is -1.07. The van der Waals surface area contributed by atoms with Crippen molar-refractivity contribution in [3.8, 4) is 34.5 Å². The van der Waals surface area contributed by atoms with Gasteiger partial charge in [-0.2, -0.15) is 0 Å². The van der Waals surface area contributed by atoms with E-state index in [9.17, 15) is 24.6 Å². The number of carbonyl (C=O) groups is 3. The highest BCUT2D eigenvalue weighted by Crippen LogP contribution is 2.44. The van der Waals surface area contributed by atoms with E-state index in [0.29, 0.717) is 46.9 Å². The van der Waals surface area contributed by atoms with Crippen LogP contribution in [0.2, 0.25) is 18.1 Å². The number of phenols is 2. The van der Waals surface area contributed by atoms with Crippen LogP contribution in [0.5, 0.6) is 34.5 Å². The molecule has 1 atom stereocenters. The third-order valence-corrected chi connectivity index (χ3v) is 19.6. The van der Waals surface area contributed by atoms with Gasteiger partial charge in [0.25, 0.3) is 5.91 Å². The van der Waals surface area contributed by atoms with Gasteiger partial charge in [0.05, 0.1) is 37.6 Å². The van der Waals surface area contributed by atoms with Gasteiger partial charge in [0, 0.05) is 19.4 Å². The molecule has 0 saturated heterocycles. The maximum atomic E-state index is 14.0. The van der Waals surface area contributed by atoms with E-state index in [1.807, 2.05) is 72.8 Å². The van der Waals surface area contributed by atoms with Crippen molar-refractivity contribution in [1.29, 1.82) is 0 Å². The maximum absolute atomic E-state index is 14.0. The number of phenolic OH excluding ortho intramolecular Hbond substituents is 2. The van der Waals surface area contributed by atoms with Crippen molar-refractivity contribution in [2.24, 2.45) is 10.3 Å². The molecular weight excluding hydrogens is 1320 g/mol. The number of ether oxygens (including phenoxy) is 4. The first-order valence-electron chi connectivity index (χ1n) is 25.7. The monoisotopic (exact) mass is 1380 g/mol. The Morgan fingerprint density at radius 1 is 0.593 bits per heavy atom. The van der Waals surface area contributed by atoms with E-state index in [1.54, 1.807) is 69.3 Å². The number of halogens is 4. The predicted molar refractivity (Wildman–Crippen MR) is 329 cm³/mol. The number of aromatic hydroxyl groups is 2. The molecule has 2 amide bonds. The summed E-state index contributed by atoms with van der Waals surface area (Å²) in [5.41, 5.74) is 3.94. The summed E-state index contributed by atoms with van der Waals surface area (Å²) >= 11 is 14.1. The Bertz CT molecular complexity index is 3230. The van der Waals surface area contributed by atoms with Crippen molar-refractivity contribution in [2.45, 2.75) is 104 Å². The van der Waals surface area contributed by atoms with Crippen molar-refractivity contribution in [3.05, 3.63) is 173 Å². The number of alkyl carbamates (subject to hydrolysis) is 1. The molecule has 0 fully saturated rings. The number of nitrogens with zero attached hydrogens (tertiary/aromatic N) is 2. The van der Waals surface area contributed by atoms with Crippen molar-refractivity contribution < 1.29 is 57.6 Å². The van der Waals surface area contributed by atoms with Crippen LogP contribution >= 0.6 is 63.7 Å². The zero-order valence-electron chi connectivity index (χ0n) is 46.5. The molecule has 0 bridgehead atoms. The van der Waals surface area contributed by atoms with E-state index in [4.69, 9.17) is 33.0 Å². The third kappa shape index (κ3) is 19.4. The van der Waals surface area contributed by atoms with Crippen molar-refractivity contribution in [2.75, 3.05) is 20.2 Å². The molecule has 21 heteroatoms. The molecule has 430 valence electrons. The summed E-state index contributed by atoms with van der Waals surface area (Å²) in [6.07, 6.45) is -0.640. The van der Waals surface area contributed by atoms with Crippen LogP contribution in [0.15, 0.2) is 150 Å². The van der Waals surface area contributed by atoms with Gasteiger partial charge in [0.2, 0.25) is 0 Å². The Morgan fingerprint density at radius 2 is 1.10 bits per heavy atom. The van der Waals surface area contributed by atoms with Gasteiger partial charge in [0.15, 0.2) is 37.0 Å². The average Bonchev–Trinajstić information content (AvgIpc) is 3.45. The quantitative estimate of drug-likeness (QED) is 0.0193. The highest BCUT2D eigenvalue weighted by Gasteiger charge is 2.40. The van der Waals surface area contributed by atoms with E-state index in [2.05, 4.69) is 119 Å². The zero-order valence-corrected chi connectivity index (χ0v) is 53.8.